The number of furan rings is 1. The highest BCUT2D eigenvalue weighted by atomic mass is 16.5. The predicted molar refractivity (Wildman–Crippen MR) is 86.8 cm³/mol. The predicted octanol–water partition coefficient (Wildman–Crippen LogP) is 2.03. The molecular weight excluding hydrogens is 310 g/mol. The monoisotopic (exact) mass is 333 g/mol. The van der Waals surface area contributed by atoms with Crippen molar-refractivity contribution in [3.8, 4) is 5.75 Å². The van der Waals surface area contributed by atoms with E-state index in [2.05, 4.69) is 10.4 Å². The maximum atomic E-state index is 12.4. The van der Waals surface area contributed by atoms with Gasteiger partial charge >= 0.3 is 0 Å². The van der Waals surface area contributed by atoms with Gasteiger partial charge in [0.15, 0.2) is 11.5 Å². The number of aryl methyl sites for hydroxylation is 2. The fraction of sp³-hybridized carbons (Fsp3) is 0.529. The van der Waals surface area contributed by atoms with Crippen LogP contribution in [0, 0.1) is 6.92 Å². The Balaban J connectivity index is 1.63. The Morgan fingerprint density at radius 2 is 2.38 bits per heavy atom. The van der Waals surface area contributed by atoms with E-state index in [1.54, 1.807) is 23.9 Å². The molecule has 7 nitrogen and oxygen atoms in total. The minimum atomic E-state index is -0.275. The van der Waals surface area contributed by atoms with Crippen LogP contribution in [0.5, 0.6) is 5.75 Å². The zero-order valence-electron chi connectivity index (χ0n) is 14.0. The van der Waals surface area contributed by atoms with Gasteiger partial charge in [0.25, 0.3) is 5.91 Å². The lowest BCUT2D eigenvalue weighted by Gasteiger charge is -2.21. The van der Waals surface area contributed by atoms with E-state index >= 15 is 0 Å². The summed E-state index contributed by atoms with van der Waals surface area (Å²) in [7, 11) is 0. The lowest BCUT2D eigenvalue weighted by atomic mass is 10.2. The highest BCUT2D eigenvalue weighted by Gasteiger charge is 2.31. The van der Waals surface area contributed by atoms with Crippen molar-refractivity contribution < 1.29 is 19.1 Å². The molecule has 2 heterocycles. The smallest absolute Gasteiger partial charge is 0.287 e. The van der Waals surface area contributed by atoms with Gasteiger partial charge in [-0.1, -0.05) is 0 Å². The number of hydrogen-bond donors (Lipinski definition) is 2. The molecule has 0 spiro atoms. The molecule has 0 unspecified atom stereocenters. The first kappa shape index (κ1) is 16.6. The molecule has 1 aliphatic rings. The largest absolute Gasteiger partial charge is 0.485 e. The third-order valence-electron chi connectivity index (χ3n) is 4.40. The number of hydrogen-bond acceptors (Lipinski definition) is 5. The van der Waals surface area contributed by atoms with Crippen LogP contribution in [-0.2, 0) is 13.2 Å². The van der Waals surface area contributed by atoms with Gasteiger partial charge in [0.1, 0.15) is 11.9 Å². The third-order valence-corrected chi connectivity index (χ3v) is 4.40. The Kier molecular flexibility index (Phi) is 4.89. The van der Waals surface area contributed by atoms with Crippen LogP contribution < -0.4 is 10.1 Å². The number of ether oxygens (including phenoxy) is 1. The van der Waals surface area contributed by atoms with Crippen LogP contribution in [0.3, 0.4) is 0 Å². The van der Waals surface area contributed by atoms with Crippen molar-refractivity contribution in [1.82, 2.24) is 15.1 Å². The van der Waals surface area contributed by atoms with Crippen LogP contribution in [-0.4, -0.2) is 32.9 Å². The van der Waals surface area contributed by atoms with Crippen molar-refractivity contribution in [2.45, 2.75) is 58.4 Å². The first-order chi connectivity index (χ1) is 11.6. The van der Waals surface area contributed by atoms with E-state index in [9.17, 15) is 9.90 Å². The van der Waals surface area contributed by atoms with Gasteiger partial charge in [-0.15, -0.1) is 0 Å². The molecule has 1 saturated carbocycles. The first-order valence-electron chi connectivity index (χ1n) is 8.30. The average molecular weight is 333 g/mol. The summed E-state index contributed by atoms with van der Waals surface area (Å²) in [4.78, 5) is 12.4. The van der Waals surface area contributed by atoms with E-state index in [1.165, 1.54) is 0 Å². The van der Waals surface area contributed by atoms with Crippen molar-refractivity contribution in [2.24, 2.45) is 0 Å². The van der Waals surface area contributed by atoms with Crippen molar-refractivity contribution in [1.29, 1.82) is 0 Å². The number of carbonyl (C=O) groups excluding carboxylic acids is 1. The van der Waals surface area contributed by atoms with Gasteiger partial charge in [0.2, 0.25) is 0 Å². The van der Waals surface area contributed by atoms with Gasteiger partial charge in [-0.3, -0.25) is 9.48 Å². The molecule has 0 saturated heterocycles. The van der Waals surface area contributed by atoms with E-state index < -0.39 is 0 Å². The number of nitrogens with one attached hydrogen (secondary N) is 1. The van der Waals surface area contributed by atoms with Gasteiger partial charge in [-0.25, -0.2) is 0 Å². The summed E-state index contributed by atoms with van der Waals surface area (Å²) < 4.78 is 13.2. The van der Waals surface area contributed by atoms with Gasteiger partial charge in [-0.05, 0) is 39.2 Å². The second-order valence-corrected chi connectivity index (χ2v) is 6.05. The molecular formula is C17H23N3O4. The van der Waals surface area contributed by atoms with Gasteiger partial charge < -0.3 is 19.6 Å². The zero-order chi connectivity index (χ0) is 17.1. The zero-order valence-corrected chi connectivity index (χ0v) is 14.0. The minimum Gasteiger partial charge on any atom is -0.485 e. The Hall–Kier alpha value is -2.28. The van der Waals surface area contributed by atoms with E-state index in [0.29, 0.717) is 11.3 Å². The maximum absolute atomic E-state index is 12.4. The van der Waals surface area contributed by atoms with E-state index in [1.807, 2.05) is 13.1 Å². The number of aliphatic hydroxyl groups excluding tert-OH is 1. The van der Waals surface area contributed by atoms with Crippen LogP contribution in [0.15, 0.2) is 22.9 Å². The van der Waals surface area contributed by atoms with Crippen LogP contribution in [0.2, 0.25) is 0 Å². The molecule has 2 aromatic heterocycles. The Morgan fingerprint density at radius 1 is 1.54 bits per heavy atom. The van der Waals surface area contributed by atoms with E-state index in [0.717, 1.165) is 31.6 Å². The molecule has 130 valence electrons. The standard InChI is InChI=1S/C17H23N3O4/c1-3-20-9-13(8-18-20)24-15-6-4-5-14(15)19-17(22)16-7-12(10-21)11(2)23-16/h7-9,14-15,21H,3-6,10H2,1-2H3,(H,19,22)/t14-,15+/m0/s1. The summed E-state index contributed by atoms with van der Waals surface area (Å²) in [6, 6.07) is 1.52. The molecule has 24 heavy (non-hydrogen) atoms. The summed E-state index contributed by atoms with van der Waals surface area (Å²) in [5.74, 6) is 1.23. The van der Waals surface area contributed by atoms with Crippen LogP contribution in [0.1, 0.15) is 48.1 Å². The Labute approximate surface area is 140 Å². The second kappa shape index (κ2) is 7.09. The van der Waals surface area contributed by atoms with Gasteiger partial charge in [0, 0.05) is 12.1 Å². The lowest BCUT2D eigenvalue weighted by Crippen LogP contribution is -2.42. The average Bonchev–Trinajstić information content (AvgIpc) is 3.28. The molecule has 1 fully saturated rings. The Bertz CT molecular complexity index is 707. The van der Waals surface area contributed by atoms with Crippen LogP contribution in [0.25, 0.3) is 0 Å². The molecule has 1 aliphatic carbocycles. The highest BCUT2D eigenvalue weighted by molar-refractivity contribution is 5.92. The summed E-state index contributed by atoms with van der Waals surface area (Å²) in [5, 5.41) is 16.4. The number of aliphatic hydroxyl groups is 1. The van der Waals surface area contributed by atoms with Crippen molar-refractivity contribution in [2.75, 3.05) is 0 Å². The summed E-state index contributed by atoms with van der Waals surface area (Å²) >= 11 is 0. The molecule has 0 aromatic carbocycles. The third kappa shape index (κ3) is 3.46. The van der Waals surface area contributed by atoms with Crippen molar-refractivity contribution in [3.05, 3.63) is 35.5 Å². The topological polar surface area (TPSA) is 89.5 Å². The van der Waals surface area contributed by atoms with E-state index in [-0.39, 0.29) is 30.4 Å². The normalized spacial score (nSPS) is 20.3. The fourth-order valence-electron chi connectivity index (χ4n) is 3.01. The molecule has 0 bridgehead atoms. The molecule has 0 radical (unpaired) electrons. The lowest BCUT2D eigenvalue weighted by molar-refractivity contribution is 0.0865. The van der Waals surface area contributed by atoms with E-state index in [4.69, 9.17) is 9.15 Å². The fourth-order valence-corrected chi connectivity index (χ4v) is 3.01. The molecule has 7 heteroatoms. The van der Waals surface area contributed by atoms with Crippen molar-refractivity contribution in [3.63, 3.8) is 0 Å². The van der Waals surface area contributed by atoms with Crippen LogP contribution in [0.4, 0.5) is 0 Å². The summed E-state index contributed by atoms with van der Waals surface area (Å²) in [5.41, 5.74) is 0.631. The second-order valence-electron chi connectivity index (χ2n) is 6.05. The van der Waals surface area contributed by atoms with Crippen molar-refractivity contribution >= 4 is 5.91 Å². The summed E-state index contributed by atoms with van der Waals surface area (Å²) in [6.45, 7) is 4.40. The number of aromatic nitrogens is 2. The quantitative estimate of drug-likeness (QED) is 0.844. The van der Waals surface area contributed by atoms with Gasteiger partial charge in [-0.2, -0.15) is 5.10 Å². The summed E-state index contributed by atoms with van der Waals surface area (Å²) in [6.07, 6.45) is 6.24. The molecule has 2 N–H and O–H groups in total. The van der Waals surface area contributed by atoms with Crippen LogP contribution >= 0.6 is 0 Å². The number of rotatable bonds is 6. The molecule has 1 amide bonds. The molecule has 2 aromatic rings. The molecule has 2 atom stereocenters. The number of nitrogens with zero attached hydrogens (tertiary/aromatic N) is 2. The first-order valence-corrected chi connectivity index (χ1v) is 8.30. The molecule has 0 aliphatic heterocycles. The van der Waals surface area contributed by atoms with Gasteiger partial charge in [0.05, 0.1) is 25.0 Å². The maximum Gasteiger partial charge on any atom is 0.287 e. The highest BCUT2D eigenvalue weighted by Crippen LogP contribution is 2.25. The minimum absolute atomic E-state index is 0.0644. The Morgan fingerprint density at radius 3 is 3.04 bits per heavy atom. The number of carbonyl (C=O) groups is 1. The SMILES string of the molecule is CCn1cc(O[C@@H]2CCC[C@@H]2NC(=O)c2cc(CO)c(C)o2)cn1. The number of amides is 1. The molecule has 3 rings (SSSR count).